The van der Waals surface area contributed by atoms with Crippen molar-refractivity contribution < 1.29 is 14.3 Å². The lowest BCUT2D eigenvalue weighted by atomic mass is 10.1. The van der Waals surface area contributed by atoms with Crippen LogP contribution in [0.15, 0.2) is 48.5 Å². The van der Waals surface area contributed by atoms with E-state index < -0.39 is 0 Å². The van der Waals surface area contributed by atoms with Crippen molar-refractivity contribution in [3.8, 4) is 11.5 Å². The number of amides is 1. The standard InChI is InChI=1S/C22H25ClN2O3/c1-3-28-21-15-17(7-9-20(21)27-2)8-10-22(26)25-13-11-24(12-14-25)19-6-4-5-18(23)16-19/h4-10,15-16H,3,11-14H2,1-2H3/b10-8+. The number of benzene rings is 2. The van der Waals surface area contributed by atoms with Gasteiger partial charge < -0.3 is 19.3 Å². The zero-order chi connectivity index (χ0) is 19.9. The molecule has 3 rings (SSSR count). The fourth-order valence-corrected chi connectivity index (χ4v) is 3.38. The normalized spacial score (nSPS) is 14.4. The van der Waals surface area contributed by atoms with Crippen molar-refractivity contribution in [2.75, 3.05) is 44.8 Å². The second kappa shape index (κ2) is 9.51. The summed E-state index contributed by atoms with van der Waals surface area (Å²) in [6, 6.07) is 13.4. The summed E-state index contributed by atoms with van der Waals surface area (Å²) in [6.07, 6.45) is 3.43. The van der Waals surface area contributed by atoms with Crippen LogP contribution >= 0.6 is 11.6 Å². The quantitative estimate of drug-likeness (QED) is 0.684. The van der Waals surface area contributed by atoms with E-state index in [1.807, 2.05) is 60.4 Å². The van der Waals surface area contributed by atoms with E-state index in [9.17, 15) is 4.79 Å². The predicted octanol–water partition coefficient (Wildman–Crippen LogP) is 4.11. The van der Waals surface area contributed by atoms with E-state index in [4.69, 9.17) is 21.1 Å². The average Bonchev–Trinajstić information content (AvgIpc) is 2.72. The highest BCUT2D eigenvalue weighted by Crippen LogP contribution is 2.28. The number of halogens is 1. The van der Waals surface area contributed by atoms with Crippen LogP contribution in [0.2, 0.25) is 5.02 Å². The Bertz CT molecular complexity index is 845. The molecule has 0 aliphatic carbocycles. The second-order valence-corrected chi connectivity index (χ2v) is 6.91. The summed E-state index contributed by atoms with van der Waals surface area (Å²) >= 11 is 6.08. The number of hydrogen-bond acceptors (Lipinski definition) is 4. The van der Waals surface area contributed by atoms with E-state index in [1.165, 1.54) is 0 Å². The maximum atomic E-state index is 12.5. The third-order valence-electron chi connectivity index (χ3n) is 4.67. The van der Waals surface area contributed by atoms with Crippen LogP contribution < -0.4 is 14.4 Å². The molecule has 0 unspecified atom stereocenters. The van der Waals surface area contributed by atoms with Crippen molar-refractivity contribution in [1.29, 1.82) is 0 Å². The molecule has 0 atom stereocenters. The van der Waals surface area contributed by atoms with Gasteiger partial charge in [-0.25, -0.2) is 0 Å². The summed E-state index contributed by atoms with van der Waals surface area (Å²) < 4.78 is 10.9. The minimum absolute atomic E-state index is 0.0134. The lowest BCUT2D eigenvalue weighted by Gasteiger charge is -2.35. The smallest absolute Gasteiger partial charge is 0.246 e. The highest BCUT2D eigenvalue weighted by atomic mass is 35.5. The number of carbonyl (C=O) groups excluding carboxylic acids is 1. The second-order valence-electron chi connectivity index (χ2n) is 6.47. The van der Waals surface area contributed by atoms with Gasteiger partial charge in [0.05, 0.1) is 13.7 Å². The first-order valence-corrected chi connectivity index (χ1v) is 9.77. The molecule has 2 aromatic carbocycles. The van der Waals surface area contributed by atoms with E-state index >= 15 is 0 Å². The topological polar surface area (TPSA) is 42.0 Å². The van der Waals surface area contributed by atoms with Gasteiger partial charge in [0.25, 0.3) is 0 Å². The average molecular weight is 401 g/mol. The molecule has 2 aromatic rings. The zero-order valence-corrected chi connectivity index (χ0v) is 17.0. The molecule has 1 saturated heterocycles. The SMILES string of the molecule is CCOc1cc(/C=C/C(=O)N2CCN(c3cccc(Cl)c3)CC2)ccc1OC. The van der Waals surface area contributed by atoms with Crippen LogP contribution in [-0.4, -0.2) is 50.7 Å². The van der Waals surface area contributed by atoms with Crippen LogP contribution in [0.3, 0.4) is 0 Å². The first-order valence-electron chi connectivity index (χ1n) is 9.39. The van der Waals surface area contributed by atoms with Crippen molar-refractivity contribution >= 4 is 29.3 Å². The van der Waals surface area contributed by atoms with E-state index in [1.54, 1.807) is 13.2 Å². The zero-order valence-electron chi connectivity index (χ0n) is 16.2. The molecule has 148 valence electrons. The molecule has 28 heavy (non-hydrogen) atoms. The molecule has 1 aliphatic rings. The molecule has 1 fully saturated rings. The first-order chi connectivity index (χ1) is 13.6. The number of hydrogen-bond donors (Lipinski definition) is 0. The number of anilines is 1. The van der Waals surface area contributed by atoms with Gasteiger partial charge in [-0.2, -0.15) is 0 Å². The van der Waals surface area contributed by atoms with Crippen LogP contribution in [0.1, 0.15) is 12.5 Å². The van der Waals surface area contributed by atoms with Crippen LogP contribution in [0.4, 0.5) is 5.69 Å². The Kier molecular flexibility index (Phi) is 6.82. The first kappa shape index (κ1) is 20.1. The Labute approximate surface area is 171 Å². The molecule has 0 N–H and O–H groups in total. The largest absolute Gasteiger partial charge is 0.493 e. The minimum atomic E-state index is 0.0134. The molecule has 1 aliphatic heterocycles. The van der Waals surface area contributed by atoms with Gasteiger partial charge in [-0.3, -0.25) is 4.79 Å². The van der Waals surface area contributed by atoms with Crippen molar-refractivity contribution in [1.82, 2.24) is 4.90 Å². The number of rotatable bonds is 6. The van der Waals surface area contributed by atoms with Crippen molar-refractivity contribution in [2.24, 2.45) is 0 Å². The molecule has 1 heterocycles. The minimum Gasteiger partial charge on any atom is -0.493 e. The van der Waals surface area contributed by atoms with E-state index in [-0.39, 0.29) is 5.91 Å². The summed E-state index contributed by atoms with van der Waals surface area (Å²) in [4.78, 5) is 16.7. The summed E-state index contributed by atoms with van der Waals surface area (Å²) in [5, 5.41) is 0.727. The molecule has 1 amide bonds. The van der Waals surface area contributed by atoms with Gasteiger partial charge in [-0.05, 0) is 48.9 Å². The van der Waals surface area contributed by atoms with Gasteiger partial charge in [0.2, 0.25) is 5.91 Å². The molecule has 5 nitrogen and oxygen atoms in total. The summed E-state index contributed by atoms with van der Waals surface area (Å²) in [7, 11) is 1.61. The highest BCUT2D eigenvalue weighted by molar-refractivity contribution is 6.30. The van der Waals surface area contributed by atoms with Gasteiger partial charge in [-0.1, -0.05) is 23.7 Å². The summed E-state index contributed by atoms with van der Waals surface area (Å²) in [5.41, 5.74) is 1.99. The third kappa shape index (κ3) is 4.98. The van der Waals surface area contributed by atoms with Gasteiger partial charge in [0.15, 0.2) is 11.5 Å². The van der Waals surface area contributed by atoms with E-state index in [2.05, 4.69) is 4.90 Å². The molecule has 0 radical (unpaired) electrons. The number of nitrogens with zero attached hydrogens (tertiary/aromatic N) is 2. The van der Waals surface area contributed by atoms with Crippen molar-refractivity contribution in [3.05, 3.63) is 59.1 Å². The van der Waals surface area contributed by atoms with E-state index in [0.717, 1.165) is 29.4 Å². The fourth-order valence-electron chi connectivity index (χ4n) is 3.20. The van der Waals surface area contributed by atoms with Crippen molar-refractivity contribution in [2.45, 2.75) is 6.92 Å². The van der Waals surface area contributed by atoms with Crippen LogP contribution in [0.25, 0.3) is 6.08 Å². The highest BCUT2D eigenvalue weighted by Gasteiger charge is 2.20. The Morgan fingerprint density at radius 3 is 2.57 bits per heavy atom. The van der Waals surface area contributed by atoms with Gasteiger partial charge in [0.1, 0.15) is 0 Å². The van der Waals surface area contributed by atoms with Crippen LogP contribution in [0, 0.1) is 0 Å². The summed E-state index contributed by atoms with van der Waals surface area (Å²) in [5.74, 6) is 1.37. The summed E-state index contributed by atoms with van der Waals surface area (Å²) in [6.45, 7) is 5.42. The fraction of sp³-hybridized carbons (Fsp3) is 0.318. The maximum absolute atomic E-state index is 12.5. The lowest BCUT2D eigenvalue weighted by Crippen LogP contribution is -2.48. The molecule has 0 spiro atoms. The third-order valence-corrected chi connectivity index (χ3v) is 4.91. The Balaban J connectivity index is 1.59. The maximum Gasteiger partial charge on any atom is 0.246 e. The van der Waals surface area contributed by atoms with Crippen molar-refractivity contribution in [3.63, 3.8) is 0 Å². The molecule has 0 bridgehead atoms. The predicted molar refractivity (Wildman–Crippen MR) is 113 cm³/mol. The Hall–Kier alpha value is -2.66. The number of piperazine rings is 1. The molecule has 0 aromatic heterocycles. The Morgan fingerprint density at radius 2 is 1.89 bits per heavy atom. The monoisotopic (exact) mass is 400 g/mol. The van der Waals surface area contributed by atoms with Crippen LogP contribution in [-0.2, 0) is 4.79 Å². The van der Waals surface area contributed by atoms with Gasteiger partial charge >= 0.3 is 0 Å². The number of ether oxygens (including phenoxy) is 2. The van der Waals surface area contributed by atoms with Crippen LogP contribution in [0.5, 0.6) is 11.5 Å². The molecule has 0 saturated carbocycles. The molecular weight excluding hydrogens is 376 g/mol. The molecular formula is C22H25ClN2O3. The number of carbonyl (C=O) groups is 1. The van der Waals surface area contributed by atoms with E-state index in [0.29, 0.717) is 31.2 Å². The van der Waals surface area contributed by atoms with Gasteiger partial charge in [-0.15, -0.1) is 0 Å². The Morgan fingerprint density at radius 1 is 1.11 bits per heavy atom. The molecule has 6 heteroatoms. The number of methoxy groups -OCH3 is 1. The lowest BCUT2D eigenvalue weighted by molar-refractivity contribution is -0.126. The van der Waals surface area contributed by atoms with Gasteiger partial charge in [0, 0.05) is 43.0 Å².